The molecule has 0 aliphatic carbocycles. The topological polar surface area (TPSA) is 37.4 Å². The SMILES string of the molecule is CBC(C)(C)C(C)(C)c1ccc(N2C(=O)CC(SC(C)C)C2=O)cc1. The molecule has 1 saturated heterocycles. The van der Waals surface area contributed by atoms with Gasteiger partial charge in [-0.05, 0) is 28.4 Å². The molecule has 25 heavy (non-hydrogen) atoms. The minimum atomic E-state index is -0.248. The normalized spacial score (nSPS) is 19.0. The van der Waals surface area contributed by atoms with Gasteiger partial charge >= 0.3 is 0 Å². The van der Waals surface area contributed by atoms with E-state index >= 15 is 0 Å². The highest BCUT2D eigenvalue weighted by Crippen LogP contribution is 2.46. The van der Waals surface area contributed by atoms with Crippen LogP contribution in [-0.2, 0) is 15.0 Å². The zero-order chi connectivity index (χ0) is 19.0. The molecule has 3 nitrogen and oxygen atoms in total. The highest BCUT2D eigenvalue weighted by Gasteiger charge is 2.41. The number of amides is 2. The average molecular weight is 359 g/mol. The molecule has 0 saturated carbocycles. The number of hydrogen-bond donors (Lipinski definition) is 0. The summed E-state index contributed by atoms with van der Waals surface area (Å²) in [6, 6.07) is 7.97. The molecule has 0 N–H and O–H groups in total. The van der Waals surface area contributed by atoms with Crippen LogP contribution in [-0.4, -0.2) is 29.6 Å². The van der Waals surface area contributed by atoms with Crippen molar-refractivity contribution in [2.75, 3.05) is 4.90 Å². The van der Waals surface area contributed by atoms with Crippen molar-refractivity contribution < 1.29 is 9.59 Å². The molecule has 2 rings (SSSR count). The van der Waals surface area contributed by atoms with Crippen LogP contribution in [0.1, 0.15) is 53.5 Å². The summed E-state index contributed by atoms with van der Waals surface area (Å²) in [6.45, 7) is 15.4. The molecule has 0 spiro atoms. The molecule has 136 valence electrons. The van der Waals surface area contributed by atoms with Gasteiger partial charge in [0.05, 0.1) is 10.9 Å². The Labute approximate surface area is 157 Å². The van der Waals surface area contributed by atoms with E-state index in [9.17, 15) is 9.59 Å². The van der Waals surface area contributed by atoms with Gasteiger partial charge in [-0.3, -0.25) is 9.59 Å². The van der Waals surface area contributed by atoms with E-state index in [-0.39, 0.29) is 27.8 Å². The van der Waals surface area contributed by atoms with E-state index < -0.39 is 0 Å². The summed E-state index contributed by atoms with van der Waals surface area (Å²) in [5, 5.41) is 0.246. The summed E-state index contributed by atoms with van der Waals surface area (Å²) in [7, 11) is 1.08. The van der Waals surface area contributed by atoms with Crippen molar-refractivity contribution in [3.8, 4) is 0 Å². The van der Waals surface area contributed by atoms with Crippen LogP contribution in [0, 0.1) is 0 Å². The zero-order valence-corrected chi connectivity index (χ0v) is 17.4. The van der Waals surface area contributed by atoms with E-state index in [1.165, 1.54) is 10.5 Å². The molecule has 0 aromatic heterocycles. The summed E-state index contributed by atoms with van der Waals surface area (Å²) in [4.78, 5) is 26.3. The molecule has 1 fully saturated rings. The van der Waals surface area contributed by atoms with Crippen LogP contribution in [0.2, 0.25) is 12.1 Å². The monoisotopic (exact) mass is 359 g/mol. The second kappa shape index (κ2) is 7.18. The molecule has 1 aromatic rings. The first-order chi connectivity index (χ1) is 11.5. The van der Waals surface area contributed by atoms with Gasteiger partial charge in [-0.15, -0.1) is 11.8 Å². The van der Waals surface area contributed by atoms with Crippen molar-refractivity contribution >= 4 is 36.5 Å². The molecule has 0 bridgehead atoms. The largest absolute Gasteiger partial charge is 0.274 e. The van der Waals surface area contributed by atoms with Crippen LogP contribution in [0.4, 0.5) is 5.69 Å². The fraction of sp³-hybridized carbons (Fsp3) is 0.600. The highest BCUT2D eigenvalue weighted by molar-refractivity contribution is 8.01. The summed E-state index contributed by atoms with van der Waals surface area (Å²) < 4.78 is 0. The van der Waals surface area contributed by atoms with Crippen LogP contribution in [0.3, 0.4) is 0 Å². The molecule has 1 heterocycles. The summed E-state index contributed by atoms with van der Waals surface area (Å²) in [5.41, 5.74) is 1.93. The predicted molar refractivity (Wildman–Crippen MR) is 110 cm³/mol. The lowest BCUT2D eigenvalue weighted by Gasteiger charge is -2.41. The number of carbonyl (C=O) groups excluding carboxylic acids is 2. The number of benzene rings is 1. The zero-order valence-electron chi connectivity index (χ0n) is 16.6. The van der Waals surface area contributed by atoms with E-state index in [1.54, 1.807) is 11.8 Å². The minimum Gasteiger partial charge on any atom is -0.274 e. The van der Waals surface area contributed by atoms with Crippen molar-refractivity contribution in [3.63, 3.8) is 0 Å². The van der Waals surface area contributed by atoms with Gasteiger partial charge in [-0.25, -0.2) is 4.90 Å². The molecule has 1 unspecified atom stereocenters. The maximum Gasteiger partial charge on any atom is 0.247 e. The first-order valence-electron chi connectivity index (χ1n) is 9.14. The second-order valence-corrected chi connectivity index (χ2v) is 10.1. The Balaban J connectivity index is 2.26. The first-order valence-corrected chi connectivity index (χ1v) is 10.1. The first kappa shape index (κ1) is 20.1. The lowest BCUT2D eigenvalue weighted by atomic mass is 9.44. The standard InChI is InChI=1S/C20H30BNO2S/c1-13(2)25-16-12-17(23)22(18(16)24)15-10-8-14(9-11-15)19(3,4)20(5,6)21-7/h8-11,13,16,21H,12H2,1-7H3. The Kier molecular flexibility index (Phi) is 5.77. The second-order valence-electron chi connectivity index (χ2n) is 8.35. The van der Waals surface area contributed by atoms with Gasteiger partial charge in [0.1, 0.15) is 7.28 Å². The van der Waals surface area contributed by atoms with Gasteiger partial charge in [0.2, 0.25) is 11.8 Å². The van der Waals surface area contributed by atoms with E-state index in [0.717, 1.165) is 7.28 Å². The maximum absolute atomic E-state index is 12.6. The fourth-order valence-electron chi connectivity index (χ4n) is 3.17. The number of imide groups is 1. The molecule has 1 aromatic carbocycles. The van der Waals surface area contributed by atoms with E-state index in [4.69, 9.17) is 0 Å². The number of anilines is 1. The maximum atomic E-state index is 12.6. The molecular weight excluding hydrogens is 329 g/mol. The Hall–Kier alpha value is -1.23. The van der Waals surface area contributed by atoms with Crippen molar-refractivity contribution in [1.29, 1.82) is 0 Å². The van der Waals surface area contributed by atoms with Crippen LogP contribution >= 0.6 is 11.8 Å². The number of carbonyl (C=O) groups is 2. The molecular formula is C20H30BNO2S. The minimum absolute atomic E-state index is 0.00926. The number of thioether (sulfide) groups is 1. The van der Waals surface area contributed by atoms with Gasteiger partial charge in [-0.2, -0.15) is 0 Å². The Morgan fingerprint density at radius 1 is 1.12 bits per heavy atom. The van der Waals surface area contributed by atoms with E-state index in [1.807, 2.05) is 12.1 Å². The Morgan fingerprint density at radius 3 is 2.16 bits per heavy atom. The van der Waals surface area contributed by atoms with Gasteiger partial charge in [0.25, 0.3) is 0 Å². The smallest absolute Gasteiger partial charge is 0.247 e. The van der Waals surface area contributed by atoms with Gasteiger partial charge in [0.15, 0.2) is 0 Å². The van der Waals surface area contributed by atoms with Crippen LogP contribution in [0.15, 0.2) is 24.3 Å². The number of nitrogens with zero attached hydrogens (tertiary/aromatic N) is 1. The quantitative estimate of drug-likeness (QED) is 0.557. The van der Waals surface area contributed by atoms with Crippen LogP contribution in [0.25, 0.3) is 0 Å². The molecule has 1 aliphatic heterocycles. The Morgan fingerprint density at radius 2 is 1.68 bits per heavy atom. The van der Waals surface area contributed by atoms with Crippen LogP contribution in [0.5, 0.6) is 0 Å². The lowest BCUT2D eigenvalue weighted by molar-refractivity contribution is -0.121. The molecule has 5 heteroatoms. The molecule has 1 atom stereocenters. The summed E-state index contributed by atoms with van der Waals surface area (Å²) >= 11 is 1.57. The highest BCUT2D eigenvalue weighted by atomic mass is 32.2. The third-order valence-corrected chi connectivity index (χ3v) is 7.21. The average Bonchev–Trinajstić information content (AvgIpc) is 2.80. The molecule has 2 amide bonds. The van der Waals surface area contributed by atoms with Crippen molar-refractivity contribution in [2.45, 2.75) is 76.0 Å². The van der Waals surface area contributed by atoms with Crippen molar-refractivity contribution in [3.05, 3.63) is 29.8 Å². The number of hydrogen-bond acceptors (Lipinski definition) is 3. The van der Waals surface area contributed by atoms with Crippen molar-refractivity contribution in [2.24, 2.45) is 0 Å². The third-order valence-electron chi connectivity index (χ3n) is 5.96. The van der Waals surface area contributed by atoms with E-state index in [0.29, 0.717) is 17.4 Å². The number of rotatable bonds is 6. The van der Waals surface area contributed by atoms with E-state index in [2.05, 4.69) is 60.5 Å². The lowest BCUT2D eigenvalue weighted by Crippen LogP contribution is -2.35. The van der Waals surface area contributed by atoms with Gasteiger partial charge < -0.3 is 0 Å². The molecule has 0 radical (unpaired) electrons. The fourth-order valence-corrected chi connectivity index (χ4v) is 4.29. The molecule has 1 aliphatic rings. The Bertz CT molecular complexity index is 652. The summed E-state index contributed by atoms with van der Waals surface area (Å²) in [5.74, 6) is -0.173. The van der Waals surface area contributed by atoms with Gasteiger partial charge in [-0.1, -0.05) is 65.8 Å². The van der Waals surface area contributed by atoms with Gasteiger partial charge in [0, 0.05) is 6.42 Å². The van der Waals surface area contributed by atoms with Crippen LogP contribution < -0.4 is 4.90 Å². The summed E-state index contributed by atoms with van der Waals surface area (Å²) in [6.07, 6.45) is 0.303. The third kappa shape index (κ3) is 3.81. The van der Waals surface area contributed by atoms with Crippen molar-refractivity contribution in [1.82, 2.24) is 0 Å². The predicted octanol–water partition coefficient (Wildman–Crippen LogP) is 4.42.